The molecule has 1 aliphatic rings. The number of aromatic nitrogens is 1. The van der Waals surface area contributed by atoms with E-state index in [-0.39, 0.29) is 23.0 Å². The number of nitrogens with zero attached hydrogens (tertiary/aromatic N) is 1. The molecule has 1 aliphatic carbocycles. The van der Waals surface area contributed by atoms with E-state index in [2.05, 4.69) is 10.3 Å². The van der Waals surface area contributed by atoms with Crippen LogP contribution in [-0.2, 0) is 11.0 Å². The highest BCUT2D eigenvalue weighted by Crippen LogP contribution is 2.32. The molecule has 10 heteroatoms. The van der Waals surface area contributed by atoms with Crippen LogP contribution in [0.5, 0.6) is 0 Å². The summed E-state index contributed by atoms with van der Waals surface area (Å²) in [7, 11) is 0. The zero-order valence-electron chi connectivity index (χ0n) is 20.9. The number of halogens is 4. The molecular weight excluding hydrogens is 505 g/mol. The van der Waals surface area contributed by atoms with Crippen molar-refractivity contribution in [2.75, 3.05) is 11.1 Å². The summed E-state index contributed by atoms with van der Waals surface area (Å²) in [5, 5.41) is 3.51. The normalized spacial score (nSPS) is 13.2. The van der Waals surface area contributed by atoms with E-state index in [9.17, 15) is 22.8 Å². The van der Waals surface area contributed by atoms with E-state index < -0.39 is 17.8 Å². The molecule has 2 amide bonds. The Balaban J connectivity index is 0.000000213. The maximum Gasteiger partial charge on any atom is 0.433 e. The lowest BCUT2D eigenvalue weighted by atomic mass is 10.0. The Kier molecular flexibility index (Phi) is 11.2. The number of fused-ring (bicyclic) bond motifs is 1. The molecule has 1 aromatic heterocycles. The molecule has 0 unspecified atom stereocenters. The van der Waals surface area contributed by atoms with Crippen LogP contribution in [0.25, 0.3) is 10.9 Å². The Hall–Kier alpha value is -3.33. The van der Waals surface area contributed by atoms with Gasteiger partial charge >= 0.3 is 6.18 Å². The number of nitrogen functional groups attached to an aromatic ring is 1. The van der Waals surface area contributed by atoms with Crippen LogP contribution >= 0.6 is 11.6 Å². The van der Waals surface area contributed by atoms with Gasteiger partial charge in [0, 0.05) is 33.3 Å². The number of carbonyl (C=O) groups is 2. The Morgan fingerprint density at radius 3 is 2.08 bits per heavy atom. The zero-order valence-corrected chi connectivity index (χ0v) is 21.6. The zero-order chi connectivity index (χ0) is 27.6. The maximum absolute atomic E-state index is 12.4. The first-order chi connectivity index (χ1) is 17.4. The fourth-order valence-electron chi connectivity index (χ4n) is 3.47. The van der Waals surface area contributed by atoms with Gasteiger partial charge in [0.2, 0.25) is 11.8 Å². The van der Waals surface area contributed by atoms with E-state index in [4.69, 9.17) is 23.1 Å². The Morgan fingerprint density at radius 2 is 1.57 bits per heavy atom. The fraction of sp³-hybridized carbons (Fsp3) is 0.370. The number of pyridine rings is 1. The van der Waals surface area contributed by atoms with Crippen molar-refractivity contribution in [3.8, 4) is 0 Å². The third kappa shape index (κ3) is 9.92. The van der Waals surface area contributed by atoms with Crippen molar-refractivity contribution >= 4 is 45.7 Å². The van der Waals surface area contributed by atoms with Crippen LogP contribution in [-0.4, -0.2) is 16.8 Å². The highest BCUT2D eigenvalue weighted by atomic mass is 35.5. The van der Waals surface area contributed by atoms with Crippen molar-refractivity contribution in [3.05, 3.63) is 64.8 Å². The molecule has 0 atom stereocenters. The fourth-order valence-corrected chi connectivity index (χ4v) is 3.64. The number of primary amides is 1. The second-order valence-corrected chi connectivity index (χ2v) is 9.40. The van der Waals surface area contributed by atoms with Gasteiger partial charge < -0.3 is 16.8 Å². The van der Waals surface area contributed by atoms with Crippen molar-refractivity contribution in [3.63, 3.8) is 0 Å². The summed E-state index contributed by atoms with van der Waals surface area (Å²) in [4.78, 5) is 25.7. The molecule has 0 aliphatic heterocycles. The van der Waals surface area contributed by atoms with Gasteiger partial charge in [0.05, 0.1) is 5.52 Å². The third-order valence-corrected chi connectivity index (χ3v) is 5.77. The van der Waals surface area contributed by atoms with Crippen LogP contribution < -0.4 is 16.8 Å². The van der Waals surface area contributed by atoms with Gasteiger partial charge in [-0.2, -0.15) is 13.2 Å². The summed E-state index contributed by atoms with van der Waals surface area (Å²) >= 11 is 5.71. The molecule has 5 N–H and O–H groups in total. The Labute approximate surface area is 219 Å². The van der Waals surface area contributed by atoms with Crippen molar-refractivity contribution in [2.45, 2.75) is 58.5 Å². The largest absolute Gasteiger partial charge is 0.433 e. The lowest BCUT2D eigenvalue weighted by Gasteiger charge is -2.09. The van der Waals surface area contributed by atoms with E-state index in [1.54, 1.807) is 38.1 Å². The summed E-state index contributed by atoms with van der Waals surface area (Å²) < 4.78 is 37.3. The van der Waals surface area contributed by atoms with E-state index in [0.717, 1.165) is 6.07 Å². The maximum atomic E-state index is 12.4. The minimum atomic E-state index is -4.50. The minimum Gasteiger partial charge on any atom is -0.398 e. The van der Waals surface area contributed by atoms with E-state index >= 15 is 0 Å². The number of rotatable bonds is 3. The molecule has 0 spiro atoms. The van der Waals surface area contributed by atoms with Gasteiger partial charge in [-0.05, 0) is 42.5 Å². The number of carbonyl (C=O) groups excluding carboxylic acids is 2. The molecule has 37 heavy (non-hydrogen) atoms. The monoisotopic (exact) mass is 536 g/mol. The Morgan fingerprint density at radius 1 is 0.973 bits per heavy atom. The van der Waals surface area contributed by atoms with Crippen LogP contribution in [0.4, 0.5) is 24.5 Å². The second kappa shape index (κ2) is 13.8. The molecule has 0 saturated heterocycles. The van der Waals surface area contributed by atoms with Gasteiger partial charge in [0.1, 0.15) is 5.69 Å². The van der Waals surface area contributed by atoms with Gasteiger partial charge in [-0.3, -0.25) is 9.59 Å². The second-order valence-electron chi connectivity index (χ2n) is 8.97. The quantitative estimate of drug-likeness (QED) is 0.328. The molecule has 4 rings (SSSR count). The number of nitrogens with one attached hydrogen (secondary N) is 1. The molecule has 1 heterocycles. The summed E-state index contributed by atoms with van der Waals surface area (Å²) in [5.74, 6) is -0.686. The van der Waals surface area contributed by atoms with Crippen molar-refractivity contribution in [1.29, 1.82) is 0 Å². The lowest BCUT2D eigenvalue weighted by Crippen LogP contribution is -2.18. The van der Waals surface area contributed by atoms with E-state index in [0.29, 0.717) is 21.7 Å². The van der Waals surface area contributed by atoms with Gasteiger partial charge in [-0.1, -0.05) is 70.0 Å². The first-order valence-electron chi connectivity index (χ1n) is 12.0. The van der Waals surface area contributed by atoms with E-state index in [1.165, 1.54) is 56.7 Å². The highest BCUT2D eigenvalue weighted by molar-refractivity contribution is 6.31. The Bertz CT molecular complexity index is 1200. The minimum absolute atomic E-state index is 0.0137. The molecule has 0 radical (unpaired) electrons. The van der Waals surface area contributed by atoms with Crippen molar-refractivity contribution in [1.82, 2.24) is 4.98 Å². The predicted octanol–water partition coefficient (Wildman–Crippen LogP) is 7.21. The topological polar surface area (TPSA) is 111 Å². The molecule has 200 valence electrons. The number of hydrogen-bond donors (Lipinski definition) is 3. The number of benzene rings is 2. The van der Waals surface area contributed by atoms with Gasteiger partial charge in [0.15, 0.2) is 0 Å². The van der Waals surface area contributed by atoms with Crippen molar-refractivity contribution in [2.24, 2.45) is 11.7 Å². The number of amides is 2. The molecule has 1 fully saturated rings. The summed E-state index contributed by atoms with van der Waals surface area (Å²) in [6, 6.07) is 11.7. The van der Waals surface area contributed by atoms with Gasteiger partial charge in [-0.15, -0.1) is 0 Å². The molecule has 6 nitrogen and oxygen atoms in total. The first-order valence-corrected chi connectivity index (χ1v) is 12.4. The number of hydrogen-bond acceptors (Lipinski definition) is 4. The van der Waals surface area contributed by atoms with Crippen LogP contribution in [0, 0.1) is 5.92 Å². The number of anilines is 2. The predicted molar refractivity (Wildman–Crippen MR) is 142 cm³/mol. The lowest BCUT2D eigenvalue weighted by molar-refractivity contribution is -0.140. The SMILES string of the molecule is C1CCCCC1.CC(C)C(=O)Nc1cccc(C(N)=O)c1.Nc1cc(C(F)(F)F)nc2ccc(Cl)cc12. The first kappa shape index (κ1) is 29.9. The molecule has 1 saturated carbocycles. The van der Waals surface area contributed by atoms with E-state index in [1.807, 2.05) is 0 Å². The smallest absolute Gasteiger partial charge is 0.398 e. The summed E-state index contributed by atoms with van der Waals surface area (Å²) in [6.45, 7) is 3.60. The molecule has 0 bridgehead atoms. The molecule has 3 aromatic rings. The highest BCUT2D eigenvalue weighted by Gasteiger charge is 2.33. The molecular formula is C27H32ClF3N4O2. The van der Waals surface area contributed by atoms with Crippen LogP contribution in [0.15, 0.2) is 48.5 Å². The number of nitrogens with two attached hydrogens (primary N) is 2. The van der Waals surface area contributed by atoms with Crippen LogP contribution in [0.2, 0.25) is 5.02 Å². The van der Waals surface area contributed by atoms with Gasteiger partial charge in [0.25, 0.3) is 0 Å². The standard InChI is InChI=1S/C11H14N2O2.C10H6ClF3N2.C6H12/c1-7(2)11(15)13-9-5-3-4-8(6-9)10(12)14;11-5-1-2-8-6(3-5)7(15)4-9(16-8)10(12,13)14;1-2-4-6-5-3-1/h3-7H,1-2H3,(H2,12,14)(H,13,15);1-4H,(H2,15,16);1-6H2. The number of alkyl halides is 3. The third-order valence-electron chi connectivity index (χ3n) is 5.53. The van der Waals surface area contributed by atoms with Gasteiger partial charge in [-0.25, -0.2) is 4.98 Å². The average Bonchev–Trinajstić information content (AvgIpc) is 2.85. The molecule has 2 aromatic carbocycles. The summed E-state index contributed by atoms with van der Waals surface area (Å²) in [6.07, 6.45) is 4.50. The van der Waals surface area contributed by atoms with Crippen LogP contribution in [0.1, 0.15) is 68.4 Å². The van der Waals surface area contributed by atoms with Crippen molar-refractivity contribution < 1.29 is 22.8 Å². The van der Waals surface area contributed by atoms with Crippen LogP contribution in [0.3, 0.4) is 0 Å². The summed E-state index contributed by atoms with van der Waals surface area (Å²) in [5.41, 5.74) is 10.8. The average molecular weight is 537 g/mol.